The van der Waals surface area contributed by atoms with Gasteiger partial charge in [-0.05, 0) is 154 Å². The number of para-hydroxylation sites is 5. The maximum atomic E-state index is 2.41. The molecule has 1 aliphatic carbocycles. The molecule has 7 heteroatoms. The van der Waals surface area contributed by atoms with Crippen LogP contribution < -0.4 is 28.4 Å². The lowest BCUT2D eigenvalue weighted by atomic mass is 9.98. The highest BCUT2D eigenvalue weighted by Gasteiger charge is 2.32. The first-order valence-corrected chi connectivity index (χ1v) is 39.7. The molecule has 3 aromatic heterocycles. The molecule has 5 heterocycles. The van der Waals surface area contributed by atoms with Gasteiger partial charge >= 0.3 is 0 Å². The summed E-state index contributed by atoms with van der Waals surface area (Å²) >= 11 is 0. The molecule has 0 unspecified atom stereocenters. The highest BCUT2D eigenvalue weighted by Crippen LogP contribution is 2.44. The van der Waals surface area contributed by atoms with Crippen LogP contribution in [0.5, 0.6) is 0 Å². The van der Waals surface area contributed by atoms with Gasteiger partial charge in [-0.3, -0.25) is 0 Å². The Kier molecular flexibility index (Phi) is 49.1. The van der Waals surface area contributed by atoms with Gasteiger partial charge in [-0.2, -0.15) is 4.57 Å². The first-order valence-electron chi connectivity index (χ1n) is 39.7. The van der Waals surface area contributed by atoms with Crippen molar-refractivity contribution >= 4 is 50.5 Å². The van der Waals surface area contributed by atoms with E-state index < -0.39 is 0 Å². The molecule has 7 nitrogen and oxygen atoms in total. The lowest BCUT2D eigenvalue weighted by molar-refractivity contribution is -0.660. The molecule has 0 amide bonds. The molecule has 14 rings (SSSR count). The van der Waals surface area contributed by atoms with Gasteiger partial charge in [0.25, 0.3) is 0 Å². The Morgan fingerprint density at radius 1 is 0.352 bits per heavy atom. The van der Waals surface area contributed by atoms with Gasteiger partial charge in [0.15, 0.2) is 12.4 Å². The van der Waals surface area contributed by atoms with Crippen molar-refractivity contribution in [3.63, 3.8) is 0 Å². The van der Waals surface area contributed by atoms with Crippen LogP contribution in [0.1, 0.15) is 191 Å². The fraction of sp³-hybridized carbons (Fsp3) is 0.357. The molecular formula is C98H142N7+3. The summed E-state index contributed by atoms with van der Waals surface area (Å²) in [6, 6.07) is 77.1. The minimum Gasteiger partial charge on any atom is -0.359 e. The van der Waals surface area contributed by atoms with Gasteiger partial charge in [0.1, 0.15) is 33.5 Å². The summed E-state index contributed by atoms with van der Waals surface area (Å²) in [5.74, 6) is 0. The summed E-state index contributed by atoms with van der Waals surface area (Å²) < 4.78 is 6.69. The molecule has 8 aromatic carbocycles. The van der Waals surface area contributed by atoms with Crippen LogP contribution in [0.4, 0.5) is 22.7 Å². The van der Waals surface area contributed by atoms with Crippen molar-refractivity contribution in [2.45, 2.75) is 206 Å². The summed E-state index contributed by atoms with van der Waals surface area (Å²) in [7, 11) is 10.6. The molecule has 2 aliphatic heterocycles. The molecule has 2 atom stereocenters. The van der Waals surface area contributed by atoms with Crippen LogP contribution in [0.25, 0.3) is 61.5 Å². The average Bonchev–Trinajstić information content (AvgIpc) is 1.64. The number of aromatic nitrogens is 3. The van der Waals surface area contributed by atoms with Gasteiger partial charge in [-0.1, -0.05) is 284 Å². The van der Waals surface area contributed by atoms with Crippen LogP contribution >= 0.6 is 0 Å². The zero-order valence-electron chi connectivity index (χ0n) is 71.7. The van der Waals surface area contributed by atoms with Gasteiger partial charge in [0.2, 0.25) is 22.6 Å². The van der Waals surface area contributed by atoms with Crippen LogP contribution in [-0.2, 0) is 27.6 Å². The fourth-order valence-corrected chi connectivity index (χ4v) is 11.9. The van der Waals surface area contributed by atoms with Gasteiger partial charge < -0.3 is 19.6 Å². The van der Waals surface area contributed by atoms with Gasteiger partial charge in [-0.15, -0.1) is 0 Å². The van der Waals surface area contributed by atoms with E-state index in [0.717, 1.165) is 6.42 Å². The SMILES string of the molecule is CC.CC.CC.CC.CC.CC.CC.CC.CC.CC.Cc1ccccc1-c1c2c(cc[n+]1C)C=CC2.Cc1ccccc1-c1cc2ccccc2c[n+]1C.Cc1ccccc1-c1ccc2ccccc2[n+]1C.Cc1ccccc1N1C=CN(C)[C@@H]1C.Cc1ccccc1N1c2ccccc2N(C)[C@@H]1C. The average molecular weight is 1420 g/mol. The van der Waals surface area contributed by atoms with E-state index in [1.165, 1.54) is 117 Å². The number of hydrogen-bond donors (Lipinski definition) is 0. The summed E-state index contributed by atoms with van der Waals surface area (Å²) in [6.45, 7) is 55.3. The zero-order valence-corrected chi connectivity index (χ0v) is 71.7. The highest BCUT2D eigenvalue weighted by atomic mass is 15.4. The number of hydrogen-bond acceptors (Lipinski definition) is 4. The van der Waals surface area contributed by atoms with Crippen molar-refractivity contribution in [3.05, 3.63) is 288 Å². The van der Waals surface area contributed by atoms with Gasteiger partial charge in [-0.25, -0.2) is 9.13 Å². The largest absolute Gasteiger partial charge is 0.359 e. The molecule has 0 bridgehead atoms. The summed E-state index contributed by atoms with van der Waals surface area (Å²) in [4.78, 5) is 9.22. The highest BCUT2D eigenvalue weighted by molar-refractivity contribution is 5.85. The molecular weight excluding hydrogens is 1280 g/mol. The van der Waals surface area contributed by atoms with Gasteiger partial charge in [0, 0.05) is 95.2 Å². The normalized spacial score (nSPS) is 12.2. The van der Waals surface area contributed by atoms with E-state index in [0.29, 0.717) is 12.3 Å². The molecule has 0 radical (unpaired) electrons. The fourth-order valence-electron chi connectivity index (χ4n) is 11.9. The molecule has 0 fully saturated rings. The molecule has 105 heavy (non-hydrogen) atoms. The number of fused-ring (bicyclic) bond motifs is 4. The Bertz CT molecular complexity index is 4170. The van der Waals surface area contributed by atoms with Crippen molar-refractivity contribution < 1.29 is 13.7 Å². The van der Waals surface area contributed by atoms with E-state index in [2.05, 4.69) is 372 Å². The second-order valence-electron chi connectivity index (χ2n) is 22.7. The van der Waals surface area contributed by atoms with E-state index >= 15 is 0 Å². The van der Waals surface area contributed by atoms with Crippen LogP contribution in [0.3, 0.4) is 0 Å². The standard InChI is InChI=1S/2C17H16N.C16H18N2.C16H16N.C12H16N2.10C2H6/c1-13-7-3-6-10-16(13)17-11-14-8-4-5-9-15(14)12-18(17)2;1-13-7-3-5-9-15(13)17-12-11-14-8-4-6-10-16(14)18(17)2;1-12-8-4-5-9-14(12)18-13(2)17(3)15-10-6-7-11-16(15)18;1-12-6-3-4-8-14(12)16-15-9-5-7-13(15)10-11-17(16)2;1-10-6-4-5-7-12(10)14-9-8-13(3)11(14)2;10*1-2/h2*3-12H,1-2H3;4-11,13H,1-3H3;3-8,10-11H,9H2,1-2H3;4-9,11H,1-3H3;10*1-2H3/q2*+1;;+1;;;;;;;;;;;/t;;13-;;11-;;;;;;;;;;/m..0.0........../s1. The Hall–Kier alpha value is -9.59. The molecule has 0 saturated heterocycles. The summed E-state index contributed by atoms with van der Waals surface area (Å²) in [5, 5.41) is 3.84. The summed E-state index contributed by atoms with van der Waals surface area (Å²) in [6.07, 6.45) is 14.9. The molecule has 566 valence electrons. The second kappa shape index (κ2) is 54.1. The number of anilines is 4. The van der Waals surface area contributed by atoms with Crippen LogP contribution in [0.2, 0.25) is 0 Å². The van der Waals surface area contributed by atoms with Crippen molar-refractivity contribution in [2.75, 3.05) is 28.8 Å². The number of aryl methyl sites for hydroxylation is 8. The van der Waals surface area contributed by atoms with E-state index in [-0.39, 0.29) is 0 Å². The van der Waals surface area contributed by atoms with Crippen molar-refractivity contribution in [1.82, 2.24) is 4.90 Å². The third-order valence-electron chi connectivity index (χ3n) is 17.1. The third kappa shape index (κ3) is 26.2. The molecule has 0 spiro atoms. The van der Waals surface area contributed by atoms with Crippen LogP contribution in [-0.4, -0.2) is 31.3 Å². The number of benzene rings is 8. The zero-order chi connectivity index (χ0) is 79.7. The maximum absolute atomic E-state index is 2.41. The Labute approximate surface area is 642 Å². The smallest absolute Gasteiger partial charge is 0.216 e. The van der Waals surface area contributed by atoms with Crippen molar-refractivity contribution in [1.29, 1.82) is 0 Å². The first-order chi connectivity index (χ1) is 51.2. The number of nitrogens with zero attached hydrogens (tertiary/aromatic N) is 7. The van der Waals surface area contributed by atoms with E-state index in [9.17, 15) is 0 Å². The summed E-state index contributed by atoms with van der Waals surface area (Å²) in [5.41, 5.74) is 23.6. The number of allylic oxidation sites excluding steroid dienone is 1. The monoisotopic (exact) mass is 1420 g/mol. The lowest BCUT2D eigenvalue weighted by Crippen LogP contribution is -2.35. The Balaban J connectivity index is 0.00000121. The first kappa shape index (κ1) is 95.4. The van der Waals surface area contributed by atoms with E-state index in [1.54, 1.807) is 0 Å². The minimum atomic E-state index is 0.350. The van der Waals surface area contributed by atoms with Crippen LogP contribution in [0, 0.1) is 34.6 Å². The minimum absolute atomic E-state index is 0.350. The molecule has 11 aromatic rings. The molecule has 3 aliphatic rings. The van der Waals surface area contributed by atoms with Crippen molar-refractivity contribution in [3.8, 4) is 33.8 Å². The molecule has 0 N–H and O–H groups in total. The Morgan fingerprint density at radius 3 is 1.25 bits per heavy atom. The lowest BCUT2D eigenvalue weighted by Gasteiger charge is -2.28. The predicted molar refractivity (Wildman–Crippen MR) is 472 cm³/mol. The maximum Gasteiger partial charge on any atom is 0.216 e. The molecule has 0 saturated carbocycles. The third-order valence-corrected chi connectivity index (χ3v) is 17.1. The number of rotatable bonds is 5. The van der Waals surface area contributed by atoms with Crippen molar-refractivity contribution in [2.24, 2.45) is 21.1 Å². The van der Waals surface area contributed by atoms with Crippen LogP contribution in [0.15, 0.2) is 249 Å². The van der Waals surface area contributed by atoms with E-state index in [4.69, 9.17) is 0 Å². The van der Waals surface area contributed by atoms with Gasteiger partial charge in [0.05, 0.1) is 11.4 Å². The number of pyridine rings is 3. The topological polar surface area (TPSA) is 24.6 Å². The Morgan fingerprint density at radius 2 is 0.762 bits per heavy atom. The quantitative estimate of drug-likeness (QED) is 0.160. The second-order valence-corrected chi connectivity index (χ2v) is 22.7. The van der Waals surface area contributed by atoms with E-state index in [1.807, 2.05) is 138 Å². The predicted octanol–water partition coefficient (Wildman–Crippen LogP) is 27.1.